The molecule has 2 unspecified atom stereocenters. The number of ether oxygens (including phenoxy) is 2. The monoisotopic (exact) mass is 236 g/mol. The maximum absolute atomic E-state index is 11.4. The fraction of sp³-hybridized carbons (Fsp3) is 0.462. The number of benzene rings is 1. The molecule has 0 spiro atoms. The Morgan fingerprint density at radius 2 is 2.18 bits per heavy atom. The molecule has 0 fully saturated rings. The van der Waals surface area contributed by atoms with Gasteiger partial charge in [-0.2, -0.15) is 0 Å². The number of hydrogen-bond acceptors (Lipinski definition) is 3. The Morgan fingerprint density at radius 3 is 2.82 bits per heavy atom. The third-order valence-corrected chi connectivity index (χ3v) is 3.38. The van der Waals surface area contributed by atoms with Crippen molar-refractivity contribution < 1.29 is 20.0 Å². The highest BCUT2D eigenvalue weighted by Gasteiger charge is 2.33. The maximum atomic E-state index is 11.4. The molecule has 0 bridgehead atoms. The van der Waals surface area contributed by atoms with Gasteiger partial charge in [0.05, 0.1) is 20.6 Å². The average molecular weight is 236 g/mol. The van der Waals surface area contributed by atoms with Gasteiger partial charge in [0, 0.05) is 17.9 Å². The third kappa shape index (κ3) is 2.26. The number of esters is 1. The lowest BCUT2D eigenvalue weighted by Gasteiger charge is -2.10. The standard InChI is InChI=1S/C13H17NO3/c1-16-9-3-4-10-11(7-9)8(5-12(10)14)6-13(15)17-2/h3-4,7-8,12H,5-6,14H2,1-2H3/p+1. The van der Waals surface area contributed by atoms with Crippen molar-refractivity contribution in [2.75, 3.05) is 14.2 Å². The first-order valence-corrected chi connectivity index (χ1v) is 5.73. The molecule has 2 rings (SSSR count). The summed E-state index contributed by atoms with van der Waals surface area (Å²) in [5.41, 5.74) is 6.52. The van der Waals surface area contributed by atoms with Crippen LogP contribution in [0.2, 0.25) is 0 Å². The second-order valence-electron chi connectivity index (χ2n) is 4.40. The van der Waals surface area contributed by atoms with Crippen molar-refractivity contribution in [1.29, 1.82) is 0 Å². The Kier molecular flexibility index (Phi) is 3.33. The van der Waals surface area contributed by atoms with E-state index >= 15 is 0 Å². The van der Waals surface area contributed by atoms with Gasteiger partial charge in [-0.15, -0.1) is 0 Å². The van der Waals surface area contributed by atoms with Crippen LogP contribution in [0.5, 0.6) is 5.75 Å². The topological polar surface area (TPSA) is 63.2 Å². The van der Waals surface area contributed by atoms with Crippen LogP contribution >= 0.6 is 0 Å². The lowest BCUT2D eigenvalue weighted by atomic mass is 9.98. The van der Waals surface area contributed by atoms with Crippen LogP contribution < -0.4 is 10.5 Å². The Hall–Kier alpha value is -1.55. The molecule has 0 heterocycles. The molecule has 3 N–H and O–H groups in total. The minimum absolute atomic E-state index is 0.169. The van der Waals surface area contributed by atoms with E-state index < -0.39 is 0 Å². The highest BCUT2D eigenvalue weighted by molar-refractivity contribution is 5.71. The molecular weight excluding hydrogens is 218 g/mol. The molecule has 1 aliphatic rings. The minimum atomic E-state index is -0.169. The van der Waals surface area contributed by atoms with Crippen LogP contribution in [-0.4, -0.2) is 20.2 Å². The molecule has 0 radical (unpaired) electrons. The first-order valence-electron chi connectivity index (χ1n) is 5.73. The lowest BCUT2D eigenvalue weighted by Crippen LogP contribution is -2.52. The lowest BCUT2D eigenvalue weighted by molar-refractivity contribution is -0.426. The molecular formula is C13H18NO3+. The van der Waals surface area contributed by atoms with Gasteiger partial charge in [0.1, 0.15) is 11.8 Å². The predicted octanol–water partition coefficient (Wildman–Crippen LogP) is 1.03. The van der Waals surface area contributed by atoms with Crippen LogP contribution in [-0.2, 0) is 9.53 Å². The first-order chi connectivity index (χ1) is 8.15. The Morgan fingerprint density at radius 1 is 1.41 bits per heavy atom. The average Bonchev–Trinajstić information content (AvgIpc) is 2.65. The minimum Gasteiger partial charge on any atom is -0.497 e. The van der Waals surface area contributed by atoms with E-state index in [0.29, 0.717) is 6.42 Å². The Bertz CT molecular complexity index is 431. The molecule has 0 saturated carbocycles. The molecule has 1 aromatic carbocycles. The van der Waals surface area contributed by atoms with Gasteiger partial charge < -0.3 is 15.2 Å². The number of hydrogen-bond donors (Lipinski definition) is 1. The molecule has 4 heteroatoms. The van der Waals surface area contributed by atoms with E-state index in [2.05, 4.69) is 5.73 Å². The zero-order valence-electron chi connectivity index (χ0n) is 10.2. The summed E-state index contributed by atoms with van der Waals surface area (Å²) >= 11 is 0. The van der Waals surface area contributed by atoms with Crippen LogP contribution in [0.3, 0.4) is 0 Å². The summed E-state index contributed by atoms with van der Waals surface area (Å²) in [6.07, 6.45) is 1.32. The summed E-state index contributed by atoms with van der Waals surface area (Å²) in [5.74, 6) is 0.862. The smallest absolute Gasteiger partial charge is 0.306 e. The van der Waals surface area contributed by atoms with E-state index in [4.69, 9.17) is 9.47 Å². The number of carbonyl (C=O) groups is 1. The van der Waals surface area contributed by atoms with Crippen LogP contribution in [0.4, 0.5) is 0 Å². The van der Waals surface area contributed by atoms with Crippen molar-refractivity contribution in [2.24, 2.45) is 0 Å². The molecule has 0 saturated heterocycles. The van der Waals surface area contributed by atoms with E-state index in [0.717, 1.165) is 12.2 Å². The summed E-state index contributed by atoms with van der Waals surface area (Å²) < 4.78 is 9.95. The molecule has 0 amide bonds. The summed E-state index contributed by atoms with van der Waals surface area (Å²) in [6.45, 7) is 0. The van der Waals surface area contributed by atoms with E-state index in [-0.39, 0.29) is 17.9 Å². The third-order valence-electron chi connectivity index (χ3n) is 3.38. The van der Waals surface area contributed by atoms with Crippen LogP contribution in [0.1, 0.15) is 35.9 Å². The van der Waals surface area contributed by atoms with Crippen LogP contribution in [0.25, 0.3) is 0 Å². The highest BCUT2D eigenvalue weighted by Crippen LogP contribution is 2.41. The molecule has 92 valence electrons. The second-order valence-corrected chi connectivity index (χ2v) is 4.40. The first kappa shape index (κ1) is 11.9. The van der Waals surface area contributed by atoms with Crippen molar-refractivity contribution >= 4 is 5.97 Å². The molecule has 4 nitrogen and oxygen atoms in total. The fourth-order valence-corrected chi connectivity index (χ4v) is 2.48. The Balaban J connectivity index is 2.27. The van der Waals surface area contributed by atoms with Gasteiger partial charge in [-0.25, -0.2) is 0 Å². The number of quaternary nitrogens is 1. The number of fused-ring (bicyclic) bond motifs is 1. The van der Waals surface area contributed by atoms with E-state index in [1.54, 1.807) is 7.11 Å². The second kappa shape index (κ2) is 4.75. The fourth-order valence-electron chi connectivity index (χ4n) is 2.48. The van der Waals surface area contributed by atoms with E-state index in [9.17, 15) is 4.79 Å². The predicted molar refractivity (Wildman–Crippen MR) is 62.6 cm³/mol. The van der Waals surface area contributed by atoms with Crippen LogP contribution in [0.15, 0.2) is 18.2 Å². The zero-order valence-corrected chi connectivity index (χ0v) is 10.2. The molecule has 0 aromatic heterocycles. The Labute approximate surface area is 101 Å². The SMILES string of the molecule is COC(=O)CC1CC([NH3+])c2ccc(OC)cc21. The number of carbonyl (C=O) groups excluding carboxylic acids is 1. The zero-order chi connectivity index (χ0) is 12.4. The van der Waals surface area contributed by atoms with E-state index in [1.807, 2.05) is 18.2 Å². The molecule has 2 atom stereocenters. The molecule has 1 aliphatic carbocycles. The van der Waals surface area contributed by atoms with Gasteiger partial charge in [0.25, 0.3) is 0 Å². The van der Waals surface area contributed by atoms with Gasteiger partial charge >= 0.3 is 5.97 Å². The highest BCUT2D eigenvalue weighted by atomic mass is 16.5. The summed E-state index contributed by atoms with van der Waals surface area (Å²) in [6, 6.07) is 6.25. The maximum Gasteiger partial charge on any atom is 0.306 e. The summed E-state index contributed by atoms with van der Waals surface area (Å²) in [5, 5.41) is 0. The molecule has 17 heavy (non-hydrogen) atoms. The van der Waals surface area contributed by atoms with Crippen molar-refractivity contribution in [3.05, 3.63) is 29.3 Å². The summed E-state index contributed by atoms with van der Waals surface area (Å²) in [4.78, 5) is 11.4. The number of methoxy groups -OCH3 is 2. The van der Waals surface area contributed by atoms with Crippen LogP contribution in [0, 0.1) is 0 Å². The van der Waals surface area contributed by atoms with Gasteiger partial charge in [-0.05, 0) is 23.8 Å². The number of rotatable bonds is 3. The largest absolute Gasteiger partial charge is 0.497 e. The quantitative estimate of drug-likeness (QED) is 0.797. The van der Waals surface area contributed by atoms with Crippen molar-refractivity contribution in [2.45, 2.75) is 24.8 Å². The van der Waals surface area contributed by atoms with Gasteiger partial charge in [0.2, 0.25) is 0 Å². The van der Waals surface area contributed by atoms with Gasteiger partial charge in [-0.3, -0.25) is 4.79 Å². The van der Waals surface area contributed by atoms with E-state index in [1.165, 1.54) is 18.2 Å². The van der Waals surface area contributed by atoms with Gasteiger partial charge in [-0.1, -0.05) is 0 Å². The summed E-state index contributed by atoms with van der Waals surface area (Å²) in [7, 11) is 3.07. The van der Waals surface area contributed by atoms with Crippen molar-refractivity contribution in [1.82, 2.24) is 0 Å². The normalized spacial score (nSPS) is 22.1. The molecule has 0 aliphatic heterocycles. The van der Waals surface area contributed by atoms with Crippen molar-refractivity contribution in [3.63, 3.8) is 0 Å². The van der Waals surface area contributed by atoms with Crippen molar-refractivity contribution in [3.8, 4) is 5.75 Å². The molecule has 1 aromatic rings. The van der Waals surface area contributed by atoms with Gasteiger partial charge in [0.15, 0.2) is 0 Å².